The van der Waals surface area contributed by atoms with Gasteiger partial charge in [0.1, 0.15) is 17.2 Å². The van der Waals surface area contributed by atoms with Crippen LogP contribution in [0.1, 0.15) is 11.8 Å². The zero-order chi connectivity index (χ0) is 21.1. The zero-order valence-corrected chi connectivity index (χ0v) is 16.9. The molecule has 1 saturated heterocycles. The highest BCUT2D eigenvalue weighted by Gasteiger charge is 2.36. The summed E-state index contributed by atoms with van der Waals surface area (Å²) in [6.07, 6.45) is 0. The minimum atomic E-state index is -0.223. The summed E-state index contributed by atoms with van der Waals surface area (Å²) in [7, 11) is 4.71. The van der Waals surface area contributed by atoms with E-state index < -0.39 is 0 Å². The molecule has 0 radical (unpaired) electrons. The lowest BCUT2D eigenvalue weighted by Gasteiger charge is -2.36. The fourth-order valence-corrected chi connectivity index (χ4v) is 3.24. The third kappa shape index (κ3) is 3.73. The molecule has 2 aromatic carbocycles. The van der Waals surface area contributed by atoms with E-state index in [0.717, 1.165) is 5.56 Å². The molecule has 3 aromatic rings. The van der Waals surface area contributed by atoms with E-state index in [4.69, 9.17) is 18.7 Å². The molecule has 4 rings (SSSR count). The number of carbonyl (C=O) groups excluding carboxylic acids is 1. The lowest BCUT2D eigenvalue weighted by molar-refractivity contribution is 0.147. The van der Waals surface area contributed by atoms with Crippen molar-refractivity contribution in [2.75, 3.05) is 39.7 Å². The number of amides is 2. The van der Waals surface area contributed by atoms with Crippen LogP contribution in [0.3, 0.4) is 0 Å². The molecule has 1 aliphatic heterocycles. The van der Waals surface area contributed by atoms with Crippen molar-refractivity contribution in [2.45, 2.75) is 5.92 Å². The van der Waals surface area contributed by atoms with Gasteiger partial charge in [-0.3, -0.25) is 0 Å². The van der Waals surface area contributed by atoms with Crippen LogP contribution in [0.5, 0.6) is 17.2 Å². The first kappa shape index (κ1) is 19.6. The highest BCUT2D eigenvalue weighted by Crippen LogP contribution is 2.33. The molecule has 1 fully saturated rings. The molecule has 0 unspecified atom stereocenters. The fourth-order valence-electron chi connectivity index (χ4n) is 3.24. The number of anilines is 1. The third-order valence-electron chi connectivity index (χ3n) is 4.96. The Hall–Kier alpha value is -3.75. The zero-order valence-electron chi connectivity index (χ0n) is 16.9. The van der Waals surface area contributed by atoms with Crippen LogP contribution >= 0.6 is 0 Å². The van der Waals surface area contributed by atoms with E-state index in [9.17, 15) is 4.79 Å². The number of benzene rings is 2. The Bertz CT molecular complexity index is 1050. The minimum Gasteiger partial charge on any atom is -0.497 e. The maximum atomic E-state index is 12.5. The van der Waals surface area contributed by atoms with Gasteiger partial charge in [-0.2, -0.15) is 4.98 Å². The van der Waals surface area contributed by atoms with E-state index in [1.807, 2.05) is 24.3 Å². The highest BCUT2D eigenvalue weighted by atomic mass is 16.5. The van der Waals surface area contributed by atoms with Crippen molar-refractivity contribution in [3.05, 3.63) is 48.4 Å². The molecule has 1 aromatic heterocycles. The van der Waals surface area contributed by atoms with Gasteiger partial charge in [0, 0.05) is 19.2 Å². The summed E-state index contributed by atoms with van der Waals surface area (Å²) in [6, 6.07) is 12.5. The number of nitrogens with one attached hydrogen (secondary N) is 1. The minimum absolute atomic E-state index is 0.00975. The van der Waals surface area contributed by atoms with Crippen LogP contribution in [0.15, 0.2) is 47.0 Å². The van der Waals surface area contributed by atoms with Gasteiger partial charge < -0.3 is 29.0 Å². The second kappa shape index (κ2) is 8.32. The lowest BCUT2D eigenvalue weighted by atomic mass is 10.0. The van der Waals surface area contributed by atoms with Crippen LogP contribution in [-0.4, -0.2) is 55.5 Å². The summed E-state index contributed by atoms with van der Waals surface area (Å²) in [5, 5.41) is 6.92. The van der Waals surface area contributed by atoms with Crippen LogP contribution in [0.25, 0.3) is 11.4 Å². The Morgan fingerprint density at radius 3 is 2.57 bits per heavy atom. The maximum absolute atomic E-state index is 12.5. The summed E-state index contributed by atoms with van der Waals surface area (Å²) < 4.78 is 21.3. The van der Waals surface area contributed by atoms with Gasteiger partial charge in [-0.15, -0.1) is 0 Å². The maximum Gasteiger partial charge on any atom is 0.321 e. The SMILES string of the molecule is COc1ccc(NC(=O)N2CC(c3nc(-c4ccccc4OC)no3)C2)c(OC)c1. The van der Waals surface area contributed by atoms with Crippen molar-refractivity contribution >= 4 is 11.7 Å². The number of para-hydroxylation sites is 1. The summed E-state index contributed by atoms with van der Waals surface area (Å²) in [6.45, 7) is 0.968. The molecule has 0 saturated carbocycles. The van der Waals surface area contributed by atoms with Gasteiger partial charge >= 0.3 is 6.03 Å². The van der Waals surface area contributed by atoms with Crippen LogP contribution in [-0.2, 0) is 0 Å². The molecule has 2 amide bonds. The number of methoxy groups -OCH3 is 3. The molecule has 1 N–H and O–H groups in total. The van der Waals surface area contributed by atoms with Gasteiger partial charge in [0.05, 0.1) is 38.5 Å². The number of likely N-dealkylation sites (tertiary alicyclic amines) is 1. The van der Waals surface area contributed by atoms with Crippen molar-refractivity contribution in [3.8, 4) is 28.6 Å². The number of aromatic nitrogens is 2. The average Bonchev–Trinajstić information content (AvgIpc) is 3.22. The Labute approximate surface area is 173 Å². The van der Waals surface area contributed by atoms with Gasteiger partial charge in [-0.25, -0.2) is 4.79 Å². The Morgan fingerprint density at radius 2 is 1.83 bits per heavy atom. The van der Waals surface area contributed by atoms with Gasteiger partial charge in [0.15, 0.2) is 0 Å². The van der Waals surface area contributed by atoms with Crippen LogP contribution < -0.4 is 19.5 Å². The second-order valence-corrected chi connectivity index (χ2v) is 6.75. The molecule has 0 spiro atoms. The number of ether oxygens (including phenoxy) is 3. The summed E-state index contributed by atoms with van der Waals surface area (Å²) >= 11 is 0. The number of carbonyl (C=O) groups is 1. The average molecular weight is 410 g/mol. The van der Waals surface area contributed by atoms with E-state index in [1.165, 1.54) is 0 Å². The number of urea groups is 1. The Kier molecular flexibility index (Phi) is 5.42. The first-order valence-electron chi connectivity index (χ1n) is 9.38. The van der Waals surface area contributed by atoms with E-state index in [1.54, 1.807) is 44.4 Å². The van der Waals surface area contributed by atoms with Crippen LogP contribution in [0.4, 0.5) is 10.5 Å². The first-order valence-corrected chi connectivity index (χ1v) is 9.38. The highest BCUT2D eigenvalue weighted by molar-refractivity contribution is 5.91. The van der Waals surface area contributed by atoms with Crippen LogP contribution in [0, 0.1) is 0 Å². The van der Waals surface area contributed by atoms with Crippen molar-refractivity contribution < 1.29 is 23.5 Å². The van der Waals surface area contributed by atoms with Gasteiger partial charge in [0.25, 0.3) is 0 Å². The normalized spacial score (nSPS) is 13.5. The molecule has 156 valence electrons. The monoisotopic (exact) mass is 410 g/mol. The summed E-state index contributed by atoms with van der Waals surface area (Å²) in [4.78, 5) is 18.7. The van der Waals surface area contributed by atoms with E-state index in [-0.39, 0.29) is 11.9 Å². The predicted molar refractivity (Wildman–Crippen MR) is 109 cm³/mol. The lowest BCUT2D eigenvalue weighted by Crippen LogP contribution is -2.50. The molecule has 30 heavy (non-hydrogen) atoms. The third-order valence-corrected chi connectivity index (χ3v) is 4.96. The molecular weight excluding hydrogens is 388 g/mol. The molecular formula is C21H22N4O5. The Balaban J connectivity index is 1.39. The number of hydrogen-bond acceptors (Lipinski definition) is 7. The number of nitrogens with zero attached hydrogens (tertiary/aromatic N) is 3. The first-order chi connectivity index (χ1) is 14.6. The van der Waals surface area contributed by atoms with E-state index >= 15 is 0 Å². The molecule has 0 atom stereocenters. The second-order valence-electron chi connectivity index (χ2n) is 6.75. The standard InChI is InChI=1S/C21H22N4O5/c1-27-14-8-9-16(18(10-14)29-3)22-21(26)25-11-13(12-25)20-23-19(24-30-20)15-6-4-5-7-17(15)28-2/h4-10,13H,11-12H2,1-3H3,(H,22,26). The molecule has 2 heterocycles. The van der Waals surface area contributed by atoms with Crippen molar-refractivity contribution in [1.82, 2.24) is 15.0 Å². The fraction of sp³-hybridized carbons (Fsp3) is 0.286. The van der Waals surface area contributed by atoms with Crippen molar-refractivity contribution in [1.29, 1.82) is 0 Å². The molecule has 9 nitrogen and oxygen atoms in total. The quantitative estimate of drug-likeness (QED) is 0.665. The molecule has 0 bridgehead atoms. The van der Waals surface area contributed by atoms with Gasteiger partial charge in [-0.05, 0) is 24.3 Å². The summed E-state index contributed by atoms with van der Waals surface area (Å²) in [5.74, 6) is 2.81. The molecule has 9 heteroatoms. The van der Waals surface area contributed by atoms with Gasteiger partial charge in [0.2, 0.25) is 11.7 Å². The largest absolute Gasteiger partial charge is 0.497 e. The predicted octanol–water partition coefficient (Wildman–Crippen LogP) is 3.39. The number of hydrogen-bond donors (Lipinski definition) is 1. The van der Waals surface area contributed by atoms with Gasteiger partial charge in [-0.1, -0.05) is 17.3 Å². The van der Waals surface area contributed by atoms with E-state index in [2.05, 4.69) is 15.5 Å². The van der Waals surface area contributed by atoms with Crippen molar-refractivity contribution in [2.24, 2.45) is 0 Å². The summed E-state index contributed by atoms with van der Waals surface area (Å²) in [5.41, 5.74) is 1.33. The van der Waals surface area contributed by atoms with Crippen LogP contribution in [0.2, 0.25) is 0 Å². The smallest absolute Gasteiger partial charge is 0.321 e. The molecule has 0 aliphatic carbocycles. The number of rotatable bonds is 6. The Morgan fingerprint density at radius 1 is 1.07 bits per heavy atom. The van der Waals surface area contributed by atoms with E-state index in [0.29, 0.717) is 47.7 Å². The molecule has 1 aliphatic rings. The topological polar surface area (TPSA) is 99.0 Å². The van der Waals surface area contributed by atoms with Crippen molar-refractivity contribution in [3.63, 3.8) is 0 Å².